The van der Waals surface area contributed by atoms with Gasteiger partial charge in [-0.2, -0.15) is 0 Å². The van der Waals surface area contributed by atoms with Gasteiger partial charge < -0.3 is 15.2 Å². The zero-order chi connectivity index (χ0) is 15.4. The molecule has 1 unspecified atom stereocenters. The number of nitrogens with one attached hydrogen (secondary N) is 2. The molecule has 0 spiro atoms. The van der Waals surface area contributed by atoms with Crippen LogP contribution in [0.1, 0.15) is 22.1 Å². The van der Waals surface area contributed by atoms with Crippen molar-refractivity contribution in [1.29, 1.82) is 0 Å². The van der Waals surface area contributed by atoms with Gasteiger partial charge in [-0.15, -0.1) is 0 Å². The first kappa shape index (κ1) is 15.7. The summed E-state index contributed by atoms with van der Waals surface area (Å²) in [7, 11) is 3.79. The lowest BCUT2D eigenvalue weighted by atomic mass is 10.1. The predicted molar refractivity (Wildman–Crippen MR) is 83.7 cm³/mol. The van der Waals surface area contributed by atoms with Gasteiger partial charge in [0.2, 0.25) is 0 Å². The topological polar surface area (TPSA) is 48.1 Å². The van der Waals surface area contributed by atoms with Crippen LogP contribution in [-0.4, -0.2) is 36.4 Å². The van der Waals surface area contributed by atoms with Gasteiger partial charge in [0.05, 0.1) is 6.04 Å². The predicted octanol–water partition coefficient (Wildman–Crippen LogP) is 2.95. The number of likely N-dealkylation sites (N-methyl/N-ethyl adjacent to an activating group) is 1. The van der Waals surface area contributed by atoms with Crippen molar-refractivity contribution in [3.63, 3.8) is 0 Å². The van der Waals surface area contributed by atoms with Crippen LogP contribution in [-0.2, 0) is 0 Å². The second-order valence-corrected chi connectivity index (χ2v) is 5.89. The van der Waals surface area contributed by atoms with E-state index in [1.807, 2.05) is 25.1 Å². The van der Waals surface area contributed by atoms with E-state index in [-0.39, 0.29) is 17.8 Å². The van der Waals surface area contributed by atoms with Gasteiger partial charge in [0, 0.05) is 17.2 Å². The highest BCUT2D eigenvalue weighted by Crippen LogP contribution is 2.18. The first-order valence-electron chi connectivity index (χ1n) is 6.51. The van der Waals surface area contributed by atoms with E-state index >= 15 is 0 Å². The SMILES string of the molecule is CN(C)C(CNC(=O)c1cc(Br)c[nH]1)c1cccc(F)c1. The summed E-state index contributed by atoms with van der Waals surface area (Å²) in [5.41, 5.74) is 1.31. The first-order chi connectivity index (χ1) is 9.97. The van der Waals surface area contributed by atoms with Crippen LogP contribution < -0.4 is 5.32 Å². The van der Waals surface area contributed by atoms with Gasteiger partial charge in [-0.3, -0.25) is 4.79 Å². The van der Waals surface area contributed by atoms with Crippen LogP contribution in [0.2, 0.25) is 0 Å². The van der Waals surface area contributed by atoms with Crippen molar-refractivity contribution in [2.75, 3.05) is 20.6 Å². The Kier molecular flexibility index (Phi) is 5.14. The van der Waals surface area contributed by atoms with Crippen LogP contribution >= 0.6 is 15.9 Å². The molecule has 0 aliphatic heterocycles. The number of carbonyl (C=O) groups is 1. The summed E-state index contributed by atoms with van der Waals surface area (Å²) >= 11 is 3.29. The standard InChI is InChI=1S/C15H17BrFN3O/c1-20(2)14(10-4-3-5-12(17)6-10)9-19-15(21)13-7-11(16)8-18-13/h3-8,14,18H,9H2,1-2H3,(H,19,21). The Balaban J connectivity index is 2.05. The van der Waals surface area contributed by atoms with E-state index in [1.165, 1.54) is 12.1 Å². The van der Waals surface area contributed by atoms with E-state index in [0.717, 1.165) is 10.0 Å². The summed E-state index contributed by atoms with van der Waals surface area (Å²) < 4.78 is 14.2. The smallest absolute Gasteiger partial charge is 0.267 e. The molecule has 2 N–H and O–H groups in total. The summed E-state index contributed by atoms with van der Waals surface area (Å²) in [5.74, 6) is -0.470. The molecule has 0 aliphatic carbocycles. The molecule has 0 saturated heterocycles. The minimum absolute atomic E-state index is 0.0944. The van der Waals surface area contributed by atoms with Crippen LogP contribution in [0.15, 0.2) is 41.0 Å². The third-order valence-corrected chi connectivity index (χ3v) is 3.66. The zero-order valence-corrected chi connectivity index (χ0v) is 13.4. The summed E-state index contributed by atoms with van der Waals surface area (Å²) in [6.07, 6.45) is 1.70. The van der Waals surface area contributed by atoms with Crippen LogP contribution in [0.5, 0.6) is 0 Å². The molecule has 2 rings (SSSR count). The average Bonchev–Trinajstić information content (AvgIpc) is 2.85. The maximum atomic E-state index is 13.3. The van der Waals surface area contributed by atoms with Crippen molar-refractivity contribution < 1.29 is 9.18 Å². The monoisotopic (exact) mass is 353 g/mol. The van der Waals surface area contributed by atoms with Crippen LogP contribution in [0, 0.1) is 5.82 Å². The van der Waals surface area contributed by atoms with Gasteiger partial charge in [0.25, 0.3) is 5.91 Å². The Hall–Kier alpha value is -1.66. The van der Waals surface area contributed by atoms with Crippen molar-refractivity contribution in [3.05, 3.63) is 58.1 Å². The number of aromatic nitrogens is 1. The summed E-state index contributed by atoms with van der Waals surface area (Å²) in [6, 6.07) is 8.04. The Bertz CT molecular complexity index is 627. The minimum Gasteiger partial charge on any atom is -0.356 e. The molecule has 112 valence electrons. The van der Waals surface area contributed by atoms with E-state index in [4.69, 9.17) is 0 Å². The molecule has 0 aliphatic rings. The number of benzene rings is 1. The molecule has 1 amide bonds. The first-order valence-corrected chi connectivity index (χ1v) is 7.30. The van der Waals surface area contributed by atoms with Gasteiger partial charge >= 0.3 is 0 Å². The molecule has 0 radical (unpaired) electrons. The molecular formula is C15H17BrFN3O. The van der Waals surface area contributed by atoms with Crippen molar-refractivity contribution >= 4 is 21.8 Å². The lowest BCUT2D eigenvalue weighted by Crippen LogP contribution is -2.34. The number of aromatic amines is 1. The van der Waals surface area contributed by atoms with E-state index in [0.29, 0.717) is 12.2 Å². The number of nitrogens with zero attached hydrogens (tertiary/aromatic N) is 1. The second-order valence-electron chi connectivity index (χ2n) is 4.98. The molecule has 0 fully saturated rings. The molecular weight excluding hydrogens is 337 g/mol. The fraction of sp³-hybridized carbons (Fsp3) is 0.267. The Morgan fingerprint density at radius 3 is 2.76 bits per heavy atom. The lowest BCUT2D eigenvalue weighted by molar-refractivity contribution is 0.0937. The number of rotatable bonds is 5. The number of amides is 1. The van der Waals surface area contributed by atoms with Gasteiger partial charge in [-0.05, 0) is 53.8 Å². The highest BCUT2D eigenvalue weighted by molar-refractivity contribution is 9.10. The number of hydrogen-bond acceptors (Lipinski definition) is 2. The van der Waals surface area contributed by atoms with Crippen LogP contribution in [0.4, 0.5) is 4.39 Å². The Labute approximate surface area is 131 Å². The maximum Gasteiger partial charge on any atom is 0.267 e. The summed E-state index contributed by atoms with van der Waals surface area (Å²) in [4.78, 5) is 16.8. The third-order valence-electron chi connectivity index (χ3n) is 3.21. The van der Waals surface area contributed by atoms with E-state index in [2.05, 4.69) is 26.2 Å². The quantitative estimate of drug-likeness (QED) is 0.867. The maximum absolute atomic E-state index is 13.3. The van der Waals surface area contributed by atoms with Gasteiger partial charge in [-0.1, -0.05) is 12.1 Å². The van der Waals surface area contributed by atoms with Crippen molar-refractivity contribution in [2.45, 2.75) is 6.04 Å². The molecule has 0 saturated carbocycles. The van der Waals surface area contributed by atoms with Crippen LogP contribution in [0.3, 0.4) is 0 Å². The number of H-pyrrole nitrogens is 1. The van der Waals surface area contributed by atoms with Crippen LogP contribution in [0.25, 0.3) is 0 Å². The number of halogens is 2. The largest absolute Gasteiger partial charge is 0.356 e. The third kappa shape index (κ3) is 4.15. The molecule has 4 nitrogen and oxygen atoms in total. The van der Waals surface area contributed by atoms with Gasteiger partial charge in [0.1, 0.15) is 11.5 Å². The lowest BCUT2D eigenvalue weighted by Gasteiger charge is -2.25. The van der Waals surface area contributed by atoms with E-state index in [9.17, 15) is 9.18 Å². The van der Waals surface area contributed by atoms with Crippen molar-refractivity contribution in [3.8, 4) is 0 Å². The fourth-order valence-corrected chi connectivity index (χ4v) is 2.44. The normalized spacial score (nSPS) is 12.4. The summed E-state index contributed by atoms with van der Waals surface area (Å²) in [5, 5.41) is 2.86. The second kappa shape index (κ2) is 6.87. The number of hydrogen-bond donors (Lipinski definition) is 2. The highest BCUT2D eigenvalue weighted by Gasteiger charge is 2.17. The average molecular weight is 354 g/mol. The van der Waals surface area contributed by atoms with Crippen molar-refractivity contribution in [1.82, 2.24) is 15.2 Å². The van der Waals surface area contributed by atoms with Gasteiger partial charge in [0.15, 0.2) is 0 Å². The Morgan fingerprint density at radius 1 is 1.43 bits per heavy atom. The molecule has 0 bridgehead atoms. The molecule has 1 aromatic heterocycles. The minimum atomic E-state index is -0.279. The summed E-state index contributed by atoms with van der Waals surface area (Å²) in [6.45, 7) is 0.395. The van der Waals surface area contributed by atoms with E-state index in [1.54, 1.807) is 18.3 Å². The molecule has 1 aromatic carbocycles. The molecule has 1 heterocycles. The molecule has 21 heavy (non-hydrogen) atoms. The van der Waals surface area contributed by atoms with Crippen molar-refractivity contribution in [2.24, 2.45) is 0 Å². The highest BCUT2D eigenvalue weighted by atomic mass is 79.9. The van der Waals surface area contributed by atoms with E-state index < -0.39 is 0 Å². The Morgan fingerprint density at radius 2 is 2.19 bits per heavy atom. The number of carbonyl (C=O) groups excluding carboxylic acids is 1. The molecule has 2 aromatic rings. The van der Waals surface area contributed by atoms with Gasteiger partial charge in [-0.25, -0.2) is 4.39 Å². The molecule has 6 heteroatoms. The fourth-order valence-electron chi connectivity index (χ4n) is 2.10. The molecule has 1 atom stereocenters. The zero-order valence-electron chi connectivity index (χ0n) is 11.9.